The first kappa shape index (κ1) is 31.3. The molecule has 3 rings (SSSR count). The largest absolute Gasteiger partial charge is 0.343 e. The maximum absolute atomic E-state index is 15.6. The molecule has 0 fully saturated rings. The predicted octanol–water partition coefficient (Wildman–Crippen LogP) is 7.74. The molecule has 1 aliphatic rings. The first-order valence-corrected chi connectivity index (χ1v) is 13.6. The maximum Gasteiger partial charge on any atom is 0.154 e. The highest BCUT2D eigenvalue weighted by atomic mass is 19.1. The molecule has 0 aliphatic carbocycles. The van der Waals surface area contributed by atoms with Gasteiger partial charge >= 0.3 is 0 Å². The van der Waals surface area contributed by atoms with Crippen molar-refractivity contribution >= 4 is 36.4 Å². The zero-order valence-corrected chi connectivity index (χ0v) is 24.5. The van der Waals surface area contributed by atoms with Gasteiger partial charge in [0.25, 0.3) is 0 Å². The van der Waals surface area contributed by atoms with Gasteiger partial charge in [0.1, 0.15) is 5.82 Å². The average Bonchev–Trinajstić information content (AvgIpc) is 2.96. The van der Waals surface area contributed by atoms with E-state index in [0.29, 0.717) is 53.8 Å². The number of nitrogens with one attached hydrogen (secondary N) is 2. The molecule has 7 heteroatoms. The summed E-state index contributed by atoms with van der Waals surface area (Å²) in [5.74, 6) is 0.547. The Hall–Kier alpha value is -3.87. The van der Waals surface area contributed by atoms with Gasteiger partial charge in [-0.25, -0.2) is 9.38 Å². The number of hydrogen-bond acceptors (Lipinski definition) is 6. The molecule has 1 atom stereocenters. The molecule has 0 radical (unpaired) electrons. The second-order valence-corrected chi connectivity index (χ2v) is 9.22. The molecule has 1 aliphatic heterocycles. The number of aryl methyl sites for hydroxylation is 1. The Morgan fingerprint density at radius 1 is 1.15 bits per heavy atom. The van der Waals surface area contributed by atoms with Gasteiger partial charge in [0.2, 0.25) is 0 Å². The molecule has 1 unspecified atom stereocenters. The molecule has 0 aromatic heterocycles. The highest BCUT2D eigenvalue weighted by Crippen LogP contribution is 2.27. The van der Waals surface area contributed by atoms with Crippen LogP contribution < -0.4 is 10.6 Å². The number of aliphatic imine (C=N–C) groups is 4. The van der Waals surface area contributed by atoms with Crippen LogP contribution in [0.25, 0.3) is 0 Å². The van der Waals surface area contributed by atoms with Crippen molar-refractivity contribution in [3.8, 4) is 0 Å². The third kappa shape index (κ3) is 9.13. The van der Waals surface area contributed by atoms with E-state index in [1.54, 1.807) is 38.0 Å². The van der Waals surface area contributed by atoms with Crippen molar-refractivity contribution in [1.82, 2.24) is 5.32 Å². The fraction of sp³-hybridized carbons (Fsp3) is 0.375. The zero-order valence-electron chi connectivity index (χ0n) is 24.5. The number of anilines is 1. The number of hydrogen-bond donors (Lipinski definition) is 2. The van der Waals surface area contributed by atoms with Crippen LogP contribution in [-0.4, -0.2) is 38.1 Å². The molecule has 2 aromatic carbocycles. The number of rotatable bonds is 6. The van der Waals surface area contributed by atoms with Crippen molar-refractivity contribution in [1.29, 1.82) is 0 Å². The van der Waals surface area contributed by atoms with Crippen LogP contribution in [0.5, 0.6) is 0 Å². The molecule has 2 N–H and O–H groups in total. The normalized spacial score (nSPS) is 17.4. The summed E-state index contributed by atoms with van der Waals surface area (Å²) >= 11 is 0. The van der Waals surface area contributed by atoms with Crippen molar-refractivity contribution in [3.63, 3.8) is 0 Å². The lowest BCUT2D eigenvalue weighted by atomic mass is 9.98. The van der Waals surface area contributed by atoms with Crippen molar-refractivity contribution in [2.45, 2.75) is 61.3 Å². The Bertz CT molecular complexity index is 1270. The Morgan fingerprint density at radius 3 is 2.64 bits per heavy atom. The molecular formula is C32H43FN6. The monoisotopic (exact) mass is 530 g/mol. The Morgan fingerprint density at radius 2 is 1.92 bits per heavy atom. The standard InChI is InChI=1S/C30H37FN6.C2H6/c1-7-34-27-16-24(10-9-21(27)4)15-25-11-12-26(28(31)23(25)6)37-30(35-8-2)29-22(5)18-32-14-13-20(3)17-33-19-36-29;1-2/h7-12,16,18-20,37H,5,13-15,17H2,1-4,6H3,(H,33,36);1-2H3/b30-29-,32-18?,34-7?,35-8-;. The lowest BCUT2D eigenvalue weighted by Gasteiger charge is -2.17. The Kier molecular flexibility index (Phi) is 13.0. The van der Waals surface area contributed by atoms with E-state index >= 15 is 4.39 Å². The smallest absolute Gasteiger partial charge is 0.154 e. The van der Waals surface area contributed by atoms with Gasteiger partial charge in [-0.1, -0.05) is 45.5 Å². The van der Waals surface area contributed by atoms with Crippen molar-refractivity contribution in [2.24, 2.45) is 25.9 Å². The van der Waals surface area contributed by atoms with Crippen LogP contribution in [0.2, 0.25) is 0 Å². The SMILES string of the molecule is C=C1C=NCCC(C)CN=CN/C1=C(/N=C\C)Nc1ccc(Cc2ccc(C)c(N=CC)c2)c(C)c1F.CC. The van der Waals surface area contributed by atoms with Crippen LogP contribution in [0.3, 0.4) is 0 Å². The Balaban J connectivity index is 0.00000260. The van der Waals surface area contributed by atoms with Crippen LogP contribution in [0, 0.1) is 25.6 Å². The van der Waals surface area contributed by atoms with Crippen LogP contribution in [0.4, 0.5) is 15.8 Å². The fourth-order valence-corrected chi connectivity index (χ4v) is 3.97. The summed E-state index contributed by atoms with van der Waals surface area (Å²) in [6.07, 6.45) is 8.37. The lowest BCUT2D eigenvalue weighted by molar-refractivity contribution is 0.555. The van der Waals surface area contributed by atoms with Gasteiger partial charge in [0, 0.05) is 37.3 Å². The average molecular weight is 531 g/mol. The molecule has 0 bridgehead atoms. The van der Waals surface area contributed by atoms with Crippen molar-refractivity contribution in [3.05, 3.63) is 82.1 Å². The van der Waals surface area contributed by atoms with Gasteiger partial charge < -0.3 is 10.6 Å². The van der Waals surface area contributed by atoms with E-state index in [-0.39, 0.29) is 5.82 Å². The molecule has 2 aromatic rings. The molecule has 208 valence electrons. The molecule has 1 heterocycles. The van der Waals surface area contributed by atoms with Crippen LogP contribution in [-0.2, 0) is 6.42 Å². The van der Waals surface area contributed by atoms with Crippen LogP contribution in [0.15, 0.2) is 74.0 Å². The van der Waals surface area contributed by atoms with E-state index in [4.69, 9.17) is 0 Å². The summed E-state index contributed by atoms with van der Waals surface area (Å²) < 4.78 is 15.6. The third-order valence-corrected chi connectivity index (χ3v) is 6.22. The molecule has 0 amide bonds. The van der Waals surface area contributed by atoms with Gasteiger partial charge in [0.15, 0.2) is 5.82 Å². The fourth-order valence-electron chi connectivity index (χ4n) is 3.97. The predicted molar refractivity (Wildman–Crippen MR) is 168 cm³/mol. The molecule has 0 saturated heterocycles. The summed E-state index contributed by atoms with van der Waals surface area (Å²) in [6, 6.07) is 9.87. The Labute approximate surface area is 233 Å². The first-order valence-electron chi connectivity index (χ1n) is 13.6. The van der Waals surface area contributed by atoms with Crippen molar-refractivity contribution in [2.75, 3.05) is 18.4 Å². The van der Waals surface area contributed by atoms with E-state index < -0.39 is 0 Å². The number of halogens is 1. The second-order valence-electron chi connectivity index (χ2n) is 9.22. The summed E-state index contributed by atoms with van der Waals surface area (Å²) in [7, 11) is 0. The van der Waals surface area contributed by atoms with Crippen LogP contribution >= 0.6 is 0 Å². The zero-order chi connectivity index (χ0) is 28.8. The van der Waals surface area contributed by atoms with E-state index in [1.165, 1.54) is 0 Å². The minimum atomic E-state index is -0.320. The number of benzene rings is 2. The van der Waals surface area contributed by atoms with Gasteiger partial charge in [-0.2, -0.15) is 0 Å². The van der Waals surface area contributed by atoms with E-state index in [0.717, 1.165) is 28.8 Å². The maximum atomic E-state index is 15.6. The summed E-state index contributed by atoms with van der Waals surface area (Å²) in [5, 5.41) is 6.34. The molecule has 39 heavy (non-hydrogen) atoms. The topological polar surface area (TPSA) is 73.5 Å². The van der Waals surface area contributed by atoms with Gasteiger partial charge in [0.05, 0.1) is 23.4 Å². The van der Waals surface area contributed by atoms with Gasteiger partial charge in [-0.05, 0) is 80.8 Å². The highest BCUT2D eigenvalue weighted by molar-refractivity contribution is 5.86. The van der Waals surface area contributed by atoms with Crippen LogP contribution in [0.1, 0.15) is 63.3 Å². The summed E-state index contributed by atoms with van der Waals surface area (Å²) in [4.78, 5) is 17.9. The molecule has 0 spiro atoms. The minimum Gasteiger partial charge on any atom is -0.343 e. The number of allylic oxidation sites excluding steroid dienone is 1. The van der Waals surface area contributed by atoms with Gasteiger partial charge in [-0.3, -0.25) is 15.0 Å². The molecular weight excluding hydrogens is 487 g/mol. The first-order chi connectivity index (χ1) is 18.8. The third-order valence-electron chi connectivity index (χ3n) is 6.22. The summed E-state index contributed by atoms with van der Waals surface area (Å²) in [5.41, 5.74) is 6.18. The number of nitrogens with zero attached hydrogens (tertiary/aromatic N) is 4. The van der Waals surface area contributed by atoms with Crippen molar-refractivity contribution < 1.29 is 4.39 Å². The highest BCUT2D eigenvalue weighted by Gasteiger charge is 2.15. The quantitative estimate of drug-likeness (QED) is 0.375. The molecule has 6 nitrogen and oxygen atoms in total. The van der Waals surface area contributed by atoms with Gasteiger partial charge in [-0.15, -0.1) is 0 Å². The van der Waals surface area contributed by atoms with E-state index in [9.17, 15) is 0 Å². The van der Waals surface area contributed by atoms with E-state index in [2.05, 4.69) is 62.3 Å². The lowest BCUT2D eigenvalue weighted by Crippen LogP contribution is -2.19. The summed E-state index contributed by atoms with van der Waals surface area (Å²) in [6.45, 7) is 19.2. The minimum absolute atomic E-state index is 0.320. The van der Waals surface area contributed by atoms with E-state index in [1.807, 2.05) is 40.7 Å². The second kappa shape index (κ2) is 16.2. The molecule has 0 saturated carbocycles.